The molecule has 0 unspecified atom stereocenters. The Morgan fingerprint density at radius 2 is 2.18 bits per heavy atom. The Labute approximate surface area is 100 Å². The Kier molecular flexibility index (Phi) is 3.17. The van der Waals surface area contributed by atoms with Gasteiger partial charge in [0, 0.05) is 5.56 Å². The van der Waals surface area contributed by atoms with E-state index in [1.807, 2.05) is 12.1 Å². The average molecular weight is 235 g/mol. The number of ketones is 1. The Bertz CT molecular complexity index is 432. The van der Waals surface area contributed by atoms with Gasteiger partial charge in [-0.05, 0) is 25.3 Å². The number of aliphatic hydroxyl groups excluding tert-OH is 1. The van der Waals surface area contributed by atoms with Crippen molar-refractivity contribution in [2.45, 2.75) is 30.9 Å². The summed E-state index contributed by atoms with van der Waals surface area (Å²) in [5, 5.41) is 9.67. The zero-order valence-corrected chi connectivity index (χ0v) is 9.85. The summed E-state index contributed by atoms with van der Waals surface area (Å²) in [5.74, 6) is 0.283. The molecule has 0 radical (unpaired) electrons. The normalized spacial score (nSPS) is 29.1. The zero-order chi connectivity index (χ0) is 12.5. The van der Waals surface area contributed by atoms with Gasteiger partial charge in [0.1, 0.15) is 17.4 Å². The highest BCUT2D eigenvalue weighted by Crippen LogP contribution is 2.36. The molecule has 92 valence electrons. The van der Waals surface area contributed by atoms with E-state index in [4.69, 9.17) is 10.5 Å². The Hall–Kier alpha value is -1.39. The zero-order valence-electron chi connectivity index (χ0n) is 9.85. The van der Waals surface area contributed by atoms with Crippen LogP contribution in [-0.4, -0.2) is 24.1 Å². The number of carbonyl (C=O) groups is 1. The Morgan fingerprint density at radius 1 is 1.47 bits per heavy atom. The third-order valence-electron chi connectivity index (χ3n) is 3.38. The van der Waals surface area contributed by atoms with E-state index < -0.39 is 11.6 Å². The summed E-state index contributed by atoms with van der Waals surface area (Å²) in [4.78, 5) is 12.1. The van der Waals surface area contributed by atoms with Gasteiger partial charge in [0.15, 0.2) is 5.78 Å². The highest BCUT2D eigenvalue weighted by molar-refractivity contribution is 5.94. The molecular weight excluding hydrogens is 218 g/mol. The number of benzene rings is 1. The monoisotopic (exact) mass is 235 g/mol. The van der Waals surface area contributed by atoms with Crippen LogP contribution in [0.1, 0.15) is 24.8 Å². The molecule has 0 aliphatic heterocycles. The Balaban J connectivity index is 2.46. The van der Waals surface area contributed by atoms with Crippen LogP contribution in [0.2, 0.25) is 0 Å². The van der Waals surface area contributed by atoms with Crippen molar-refractivity contribution in [2.24, 2.45) is 5.73 Å². The van der Waals surface area contributed by atoms with Crippen LogP contribution in [0.5, 0.6) is 5.75 Å². The molecule has 17 heavy (non-hydrogen) atoms. The number of rotatable bonds is 2. The van der Waals surface area contributed by atoms with Gasteiger partial charge in [-0.1, -0.05) is 18.2 Å². The molecule has 0 aromatic heterocycles. The summed E-state index contributed by atoms with van der Waals surface area (Å²) in [6, 6.07) is 7.21. The molecule has 0 spiro atoms. The fourth-order valence-electron chi connectivity index (χ4n) is 2.41. The number of hydrogen-bond acceptors (Lipinski definition) is 4. The SMILES string of the molecule is COc1ccccc1[C@]1(N)CCC[C@@H](O)C1=O. The van der Waals surface area contributed by atoms with Gasteiger partial charge in [-0.25, -0.2) is 0 Å². The molecule has 4 heteroatoms. The van der Waals surface area contributed by atoms with E-state index in [1.54, 1.807) is 19.2 Å². The summed E-state index contributed by atoms with van der Waals surface area (Å²) in [6.07, 6.45) is 0.816. The predicted molar refractivity (Wildman–Crippen MR) is 63.7 cm³/mol. The number of hydrogen-bond donors (Lipinski definition) is 2. The van der Waals surface area contributed by atoms with Crippen LogP contribution in [0.25, 0.3) is 0 Å². The van der Waals surface area contributed by atoms with Gasteiger partial charge in [-0.2, -0.15) is 0 Å². The molecule has 1 saturated carbocycles. The first-order chi connectivity index (χ1) is 8.09. The summed E-state index contributed by atoms with van der Waals surface area (Å²) < 4.78 is 5.23. The van der Waals surface area contributed by atoms with Gasteiger partial charge in [0.25, 0.3) is 0 Å². The fourth-order valence-corrected chi connectivity index (χ4v) is 2.41. The predicted octanol–water partition coefficient (Wildman–Crippen LogP) is 0.963. The molecule has 3 N–H and O–H groups in total. The van der Waals surface area contributed by atoms with Gasteiger partial charge in [-0.15, -0.1) is 0 Å². The van der Waals surface area contributed by atoms with Gasteiger partial charge in [0.2, 0.25) is 0 Å². The molecule has 1 fully saturated rings. The van der Waals surface area contributed by atoms with E-state index in [0.717, 1.165) is 6.42 Å². The van der Waals surface area contributed by atoms with E-state index >= 15 is 0 Å². The standard InChI is InChI=1S/C13H17NO3/c1-17-11-7-3-2-5-9(11)13(14)8-4-6-10(15)12(13)16/h2-3,5,7,10,15H,4,6,8,14H2,1H3/t10-,13-/m1/s1. The second kappa shape index (κ2) is 4.47. The van der Waals surface area contributed by atoms with Crippen LogP contribution in [-0.2, 0) is 10.3 Å². The second-order valence-electron chi connectivity index (χ2n) is 4.44. The van der Waals surface area contributed by atoms with Gasteiger partial charge < -0.3 is 15.6 Å². The van der Waals surface area contributed by atoms with Crippen LogP contribution in [0.3, 0.4) is 0 Å². The van der Waals surface area contributed by atoms with Crippen molar-refractivity contribution in [3.8, 4) is 5.75 Å². The Morgan fingerprint density at radius 3 is 2.88 bits per heavy atom. The summed E-state index contributed by atoms with van der Waals surface area (Å²) in [5.41, 5.74) is 5.74. The number of aliphatic hydroxyl groups is 1. The topological polar surface area (TPSA) is 72.6 Å². The average Bonchev–Trinajstić information content (AvgIpc) is 2.36. The molecule has 2 rings (SSSR count). The number of nitrogens with two attached hydrogens (primary N) is 1. The third-order valence-corrected chi connectivity index (χ3v) is 3.38. The number of Topliss-reactive ketones (excluding diaryl/α,β-unsaturated/α-hetero) is 1. The van der Waals surface area contributed by atoms with E-state index in [1.165, 1.54) is 0 Å². The number of carbonyl (C=O) groups excluding carboxylic acids is 1. The van der Waals surface area contributed by atoms with Crippen molar-refractivity contribution in [3.63, 3.8) is 0 Å². The van der Waals surface area contributed by atoms with Crippen LogP contribution >= 0.6 is 0 Å². The molecular formula is C13H17NO3. The van der Waals surface area contributed by atoms with Crippen LogP contribution in [0, 0.1) is 0 Å². The lowest BCUT2D eigenvalue weighted by atomic mass is 9.75. The molecule has 1 aromatic rings. The molecule has 2 atom stereocenters. The molecule has 0 amide bonds. The smallest absolute Gasteiger partial charge is 0.185 e. The number of ether oxygens (including phenoxy) is 1. The summed E-state index contributed by atoms with van der Waals surface area (Å²) in [6.45, 7) is 0. The van der Waals surface area contributed by atoms with Crippen LogP contribution < -0.4 is 10.5 Å². The lowest BCUT2D eigenvalue weighted by Crippen LogP contribution is -2.52. The largest absolute Gasteiger partial charge is 0.496 e. The molecule has 1 aliphatic rings. The van der Waals surface area contributed by atoms with Gasteiger partial charge in [0.05, 0.1) is 7.11 Å². The number of para-hydroxylation sites is 1. The quantitative estimate of drug-likeness (QED) is 0.801. The molecule has 4 nitrogen and oxygen atoms in total. The van der Waals surface area contributed by atoms with Crippen molar-refractivity contribution in [2.75, 3.05) is 7.11 Å². The van der Waals surface area contributed by atoms with Crippen molar-refractivity contribution in [1.29, 1.82) is 0 Å². The van der Waals surface area contributed by atoms with Crippen molar-refractivity contribution >= 4 is 5.78 Å². The van der Waals surface area contributed by atoms with E-state index in [-0.39, 0.29) is 5.78 Å². The summed E-state index contributed by atoms with van der Waals surface area (Å²) in [7, 11) is 1.55. The van der Waals surface area contributed by atoms with Crippen molar-refractivity contribution < 1.29 is 14.6 Å². The van der Waals surface area contributed by atoms with Crippen molar-refractivity contribution in [1.82, 2.24) is 0 Å². The molecule has 1 aromatic carbocycles. The minimum Gasteiger partial charge on any atom is -0.496 e. The highest BCUT2D eigenvalue weighted by atomic mass is 16.5. The second-order valence-corrected chi connectivity index (χ2v) is 4.44. The maximum absolute atomic E-state index is 12.1. The first-order valence-corrected chi connectivity index (χ1v) is 5.74. The van der Waals surface area contributed by atoms with Crippen molar-refractivity contribution in [3.05, 3.63) is 29.8 Å². The minimum atomic E-state index is -1.12. The lowest BCUT2D eigenvalue weighted by Gasteiger charge is -2.35. The highest BCUT2D eigenvalue weighted by Gasteiger charge is 2.43. The van der Waals surface area contributed by atoms with Crippen LogP contribution in [0.4, 0.5) is 0 Å². The molecule has 0 heterocycles. The van der Waals surface area contributed by atoms with Gasteiger partial charge >= 0.3 is 0 Å². The van der Waals surface area contributed by atoms with E-state index in [9.17, 15) is 9.90 Å². The maximum atomic E-state index is 12.1. The molecule has 1 aliphatic carbocycles. The fraction of sp³-hybridized carbons (Fsp3) is 0.462. The minimum absolute atomic E-state index is 0.312. The maximum Gasteiger partial charge on any atom is 0.185 e. The summed E-state index contributed by atoms with van der Waals surface area (Å²) >= 11 is 0. The molecule has 0 saturated heterocycles. The number of methoxy groups -OCH3 is 1. The first-order valence-electron chi connectivity index (χ1n) is 5.74. The first kappa shape index (κ1) is 12.1. The lowest BCUT2D eigenvalue weighted by molar-refractivity contribution is -0.136. The molecule has 0 bridgehead atoms. The third kappa shape index (κ3) is 1.94. The van der Waals surface area contributed by atoms with E-state index in [0.29, 0.717) is 24.2 Å². The van der Waals surface area contributed by atoms with E-state index in [2.05, 4.69) is 0 Å². The van der Waals surface area contributed by atoms with Crippen LogP contribution in [0.15, 0.2) is 24.3 Å². The van der Waals surface area contributed by atoms with Gasteiger partial charge in [-0.3, -0.25) is 4.79 Å².